The third kappa shape index (κ3) is 4.29. The molecule has 0 amide bonds. The maximum Gasteiger partial charge on any atom is 0.134 e. The van der Waals surface area contributed by atoms with Crippen molar-refractivity contribution in [2.45, 2.75) is 24.9 Å². The first-order chi connectivity index (χ1) is 11.9. The van der Waals surface area contributed by atoms with Gasteiger partial charge in [-0.25, -0.2) is 22.1 Å². The molecule has 3 nitrogen and oxygen atoms in total. The van der Waals surface area contributed by atoms with Crippen LogP contribution in [0.4, 0.5) is 13.2 Å². The molecule has 0 aromatic heterocycles. The fourth-order valence-corrected chi connectivity index (χ4v) is 3.95. The first-order valence-corrected chi connectivity index (χ1v) is 9.56. The minimum atomic E-state index is -1.15. The molecule has 1 aliphatic heterocycles. The lowest BCUT2D eigenvalue weighted by molar-refractivity contribution is 0.497. The Balaban J connectivity index is 1.87. The number of halogens is 3. The Labute approximate surface area is 147 Å². The molecule has 1 fully saturated rings. The Morgan fingerprint density at radius 2 is 1.92 bits per heavy atom. The highest BCUT2D eigenvalue weighted by Crippen LogP contribution is 2.28. The van der Waals surface area contributed by atoms with Crippen molar-refractivity contribution < 1.29 is 17.4 Å². The first-order valence-electron chi connectivity index (χ1n) is 8.01. The van der Waals surface area contributed by atoms with E-state index in [4.69, 9.17) is 0 Å². The van der Waals surface area contributed by atoms with Crippen molar-refractivity contribution >= 4 is 11.0 Å². The van der Waals surface area contributed by atoms with Crippen molar-refractivity contribution in [1.82, 2.24) is 10.0 Å². The van der Waals surface area contributed by atoms with Crippen LogP contribution in [0.15, 0.2) is 36.4 Å². The van der Waals surface area contributed by atoms with Crippen LogP contribution in [0.5, 0.6) is 0 Å². The predicted molar refractivity (Wildman–Crippen MR) is 92.9 cm³/mol. The summed E-state index contributed by atoms with van der Waals surface area (Å²) in [6.07, 6.45) is 2.77. The summed E-state index contributed by atoms with van der Waals surface area (Å²) in [5.74, 6) is -1.98. The van der Waals surface area contributed by atoms with Gasteiger partial charge in [0, 0.05) is 30.0 Å². The third-order valence-electron chi connectivity index (χ3n) is 4.36. The van der Waals surface area contributed by atoms with Crippen molar-refractivity contribution in [3.05, 3.63) is 59.4 Å². The molecule has 2 aromatic rings. The molecule has 2 N–H and O–H groups in total. The summed E-state index contributed by atoms with van der Waals surface area (Å²) in [5, 5.41) is 3.28. The highest BCUT2D eigenvalue weighted by Gasteiger charge is 2.28. The van der Waals surface area contributed by atoms with E-state index < -0.39 is 28.4 Å². The van der Waals surface area contributed by atoms with Crippen LogP contribution in [0.3, 0.4) is 0 Å². The molecule has 0 radical (unpaired) electrons. The maximum absolute atomic E-state index is 14.9. The molecule has 0 aliphatic carbocycles. The summed E-state index contributed by atoms with van der Waals surface area (Å²) in [6, 6.07) is 7.76. The SMILES string of the molecule is CS(=O)NC1CCNC1Cc1cccc(-c2cc(F)cc(F)c2)c1F. The zero-order chi connectivity index (χ0) is 18.0. The van der Waals surface area contributed by atoms with Gasteiger partial charge < -0.3 is 5.32 Å². The Hall–Kier alpha value is -1.70. The highest BCUT2D eigenvalue weighted by atomic mass is 32.2. The summed E-state index contributed by atoms with van der Waals surface area (Å²) in [7, 11) is -1.15. The molecule has 1 saturated heterocycles. The molecular formula is C18H19F3N2OS. The second-order valence-corrected chi connectivity index (χ2v) is 7.31. The van der Waals surface area contributed by atoms with Crippen molar-refractivity contribution in [2.24, 2.45) is 0 Å². The number of nitrogens with one attached hydrogen (secondary N) is 2. The lowest BCUT2D eigenvalue weighted by Crippen LogP contribution is -2.42. The van der Waals surface area contributed by atoms with Gasteiger partial charge >= 0.3 is 0 Å². The van der Waals surface area contributed by atoms with Crippen molar-refractivity contribution in [3.8, 4) is 11.1 Å². The van der Waals surface area contributed by atoms with Gasteiger partial charge in [0.25, 0.3) is 0 Å². The van der Waals surface area contributed by atoms with E-state index in [0.717, 1.165) is 31.2 Å². The lowest BCUT2D eigenvalue weighted by atomic mass is 9.96. The Morgan fingerprint density at radius 1 is 1.20 bits per heavy atom. The quantitative estimate of drug-likeness (QED) is 0.852. The molecule has 1 heterocycles. The van der Waals surface area contributed by atoms with Crippen LogP contribution in [0, 0.1) is 17.5 Å². The Morgan fingerprint density at radius 3 is 2.60 bits per heavy atom. The number of rotatable bonds is 5. The van der Waals surface area contributed by atoms with Crippen LogP contribution in [0.25, 0.3) is 11.1 Å². The molecule has 3 atom stereocenters. The second kappa shape index (κ2) is 7.68. The van der Waals surface area contributed by atoms with Gasteiger partial charge in [0.2, 0.25) is 0 Å². The van der Waals surface area contributed by atoms with E-state index in [1.54, 1.807) is 18.4 Å². The van der Waals surface area contributed by atoms with E-state index >= 15 is 0 Å². The Bertz CT molecular complexity index is 780. The van der Waals surface area contributed by atoms with Gasteiger partial charge in [0.15, 0.2) is 0 Å². The highest BCUT2D eigenvalue weighted by molar-refractivity contribution is 7.82. The predicted octanol–water partition coefficient (Wildman–Crippen LogP) is 2.93. The molecule has 3 unspecified atom stereocenters. The fourth-order valence-electron chi connectivity index (χ4n) is 3.24. The molecule has 1 aliphatic rings. The molecule has 3 rings (SSSR count). The van der Waals surface area contributed by atoms with E-state index in [9.17, 15) is 17.4 Å². The minimum Gasteiger partial charge on any atom is -0.312 e. The fraction of sp³-hybridized carbons (Fsp3) is 0.333. The molecule has 134 valence electrons. The number of benzene rings is 2. The molecule has 0 saturated carbocycles. The van der Waals surface area contributed by atoms with E-state index in [0.29, 0.717) is 12.0 Å². The normalized spacial score (nSPS) is 21.4. The van der Waals surface area contributed by atoms with Crippen LogP contribution in [-0.2, 0) is 17.4 Å². The smallest absolute Gasteiger partial charge is 0.134 e. The van der Waals surface area contributed by atoms with Crippen LogP contribution >= 0.6 is 0 Å². The van der Waals surface area contributed by atoms with E-state index in [-0.39, 0.29) is 23.2 Å². The minimum absolute atomic E-state index is 0.0134. The van der Waals surface area contributed by atoms with Gasteiger partial charge in [0.05, 0.1) is 11.0 Å². The van der Waals surface area contributed by atoms with Gasteiger partial charge in [-0.3, -0.25) is 0 Å². The largest absolute Gasteiger partial charge is 0.312 e. The summed E-state index contributed by atoms with van der Waals surface area (Å²) < 4.78 is 56.2. The topological polar surface area (TPSA) is 41.1 Å². The maximum atomic E-state index is 14.9. The zero-order valence-electron chi connectivity index (χ0n) is 13.7. The lowest BCUT2D eigenvalue weighted by Gasteiger charge is -2.20. The molecule has 0 spiro atoms. The van der Waals surface area contributed by atoms with Crippen molar-refractivity contribution in [1.29, 1.82) is 0 Å². The zero-order valence-corrected chi connectivity index (χ0v) is 14.5. The third-order valence-corrected chi connectivity index (χ3v) is 4.99. The molecule has 25 heavy (non-hydrogen) atoms. The van der Waals surface area contributed by atoms with Gasteiger partial charge in [-0.2, -0.15) is 0 Å². The summed E-state index contributed by atoms with van der Waals surface area (Å²) in [6.45, 7) is 0.760. The summed E-state index contributed by atoms with van der Waals surface area (Å²) in [4.78, 5) is 0. The standard InChI is InChI=1S/C18H19F3N2OS/c1-25(24)23-16-5-6-22-17(16)9-11-3-2-4-15(18(11)21)12-7-13(19)10-14(20)8-12/h2-4,7-8,10,16-17,22-23H,5-6,9H2,1H3. The van der Waals surface area contributed by atoms with E-state index in [2.05, 4.69) is 10.0 Å². The van der Waals surface area contributed by atoms with Crippen molar-refractivity contribution in [2.75, 3.05) is 12.8 Å². The van der Waals surface area contributed by atoms with Gasteiger partial charge in [0.1, 0.15) is 17.5 Å². The monoisotopic (exact) mass is 368 g/mol. The second-order valence-electron chi connectivity index (χ2n) is 6.17. The van der Waals surface area contributed by atoms with Crippen molar-refractivity contribution in [3.63, 3.8) is 0 Å². The molecule has 2 aromatic carbocycles. The molecule has 0 bridgehead atoms. The van der Waals surface area contributed by atoms with Crippen LogP contribution in [0.1, 0.15) is 12.0 Å². The van der Waals surface area contributed by atoms with Gasteiger partial charge in [-0.1, -0.05) is 18.2 Å². The van der Waals surface area contributed by atoms with E-state index in [1.807, 2.05) is 0 Å². The van der Waals surface area contributed by atoms with Crippen LogP contribution in [-0.4, -0.2) is 29.1 Å². The number of hydrogen-bond acceptors (Lipinski definition) is 2. The average Bonchev–Trinajstić information content (AvgIpc) is 2.94. The van der Waals surface area contributed by atoms with Gasteiger partial charge in [-0.15, -0.1) is 0 Å². The van der Waals surface area contributed by atoms with E-state index in [1.165, 1.54) is 6.07 Å². The number of hydrogen-bond donors (Lipinski definition) is 2. The van der Waals surface area contributed by atoms with Crippen LogP contribution in [0.2, 0.25) is 0 Å². The average molecular weight is 368 g/mol. The molecule has 7 heteroatoms. The van der Waals surface area contributed by atoms with Crippen LogP contribution < -0.4 is 10.0 Å². The summed E-state index contributed by atoms with van der Waals surface area (Å²) >= 11 is 0. The van der Waals surface area contributed by atoms with Gasteiger partial charge in [-0.05, 0) is 42.6 Å². The first kappa shape index (κ1) is 18.1. The Kier molecular flexibility index (Phi) is 5.56. The molecular weight excluding hydrogens is 349 g/mol. The summed E-state index contributed by atoms with van der Waals surface area (Å²) in [5.41, 5.74) is 0.785.